The van der Waals surface area contributed by atoms with Crippen molar-refractivity contribution in [1.82, 2.24) is 19.4 Å². The van der Waals surface area contributed by atoms with E-state index >= 15 is 0 Å². The van der Waals surface area contributed by atoms with Crippen LogP contribution in [0.15, 0.2) is 47.5 Å². The normalized spacial score (nSPS) is 18.4. The SMILES string of the molecule is Cn1cc(-c2ccc3nc(N4CCN(C5CCC5)CC4)ncc3c2)ccc1=O. The molecule has 1 aliphatic heterocycles. The van der Waals surface area contributed by atoms with E-state index in [4.69, 9.17) is 4.98 Å². The number of aryl methyl sites for hydroxylation is 1. The molecule has 1 saturated heterocycles. The molecule has 3 aromatic rings. The number of piperazine rings is 1. The summed E-state index contributed by atoms with van der Waals surface area (Å²) in [5.74, 6) is 0.829. The Balaban J connectivity index is 1.36. The molecule has 1 aliphatic carbocycles. The number of benzene rings is 1. The van der Waals surface area contributed by atoms with E-state index in [0.717, 1.165) is 60.2 Å². The van der Waals surface area contributed by atoms with Gasteiger partial charge in [0.2, 0.25) is 11.5 Å². The van der Waals surface area contributed by atoms with Gasteiger partial charge in [0.25, 0.3) is 0 Å². The van der Waals surface area contributed by atoms with Crippen LogP contribution in [-0.2, 0) is 7.05 Å². The molecule has 0 radical (unpaired) electrons. The van der Waals surface area contributed by atoms with Gasteiger partial charge in [-0.3, -0.25) is 9.69 Å². The maximum absolute atomic E-state index is 11.6. The molecule has 2 fully saturated rings. The summed E-state index contributed by atoms with van der Waals surface area (Å²) in [5.41, 5.74) is 3.03. The molecule has 0 bridgehead atoms. The van der Waals surface area contributed by atoms with Crippen molar-refractivity contribution in [2.24, 2.45) is 7.05 Å². The van der Waals surface area contributed by atoms with Crippen LogP contribution in [0.4, 0.5) is 5.95 Å². The maximum Gasteiger partial charge on any atom is 0.250 e. The van der Waals surface area contributed by atoms with E-state index in [2.05, 4.69) is 26.9 Å². The third-order valence-electron chi connectivity index (χ3n) is 6.17. The number of hydrogen-bond donors (Lipinski definition) is 0. The molecule has 0 N–H and O–H groups in total. The third-order valence-corrected chi connectivity index (χ3v) is 6.17. The highest BCUT2D eigenvalue weighted by Crippen LogP contribution is 2.27. The molecule has 144 valence electrons. The average molecular weight is 375 g/mol. The highest BCUT2D eigenvalue weighted by atomic mass is 16.1. The lowest BCUT2D eigenvalue weighted by Gasteiger charge is -2.42. The molecule has 0 spiro atoms. The summed E-state index contributed by atoms with van der Waals surface area (Å²) in [5, 5.41) is 1.02. The molecule has 1 saturated carbocycles. The Labute approximate surface area is 164 Å². The average Bonchev–Trinajstić information content (AvgIpc) is 2.68. The topological polar surface area (TPSA) is 54.3 Å². The van der Waals surface area contributed by atoms with Gasteiger partial charge in [0.1, 0.15) is 0 Å². The van der Waals surface area contributed by atoms with Gasteiger partial charge in [-0.15, -0.1) is 0 Å². The standard InChI is InChI=1S/C22H25N5O/c1-25-15-17(6-8-21(25)28)16-5-7-20-18(13-16)14-23-22(24-20)27-11-9-26(10-12-27)19-3-2-4-19/h5-8,13-15,19H,2-4,9-12H2,1H3. The van der Waals surface area contributed by atoms with Crippen molar-refractivity contribution in [2.45, 2.75) is 25.3 Å². The maximum atomic E-state index is 11.6. The summed E-state index contributed by atoms with van der Waals surface area (Å²) >= 11 is 0. The van der Waals surface area contributed by atoms with E-state index in [1.165, 1.54) is 19.3 Å². The van der Waals surface area contributed by atoms with Gasteiger partial charge < -0.3 is 9.47 Å². The van der Waals surface area contributed by atoms with Crippen molar-refractivity contribution in [1.29, 1.82) is 0 Å². The van der Waals surface area contributed by atoms with Crippen LogP contribution >= 0.6 is 0 Å². The molecule has 1 aromatic carbocycles. The summed E-state index contributed by atoms with van der Waals surface area (Å²) in [6, 6.07) is 10.5. The van der Waals surface area contributed by atoms with Crippen molar-refractivity contribution in [2.75, 3.05) is 31.1 Å². The predicted molar refractivity (Wildman–Crippen MR) is 112 cm³/mol. The molecule has 2 aromatic heterocycles. The molecular weight excluding hydrogens is 350 g/mol. The molecular formula is C22H25N5O. The van der Waals surface area contributed by atoms with Gasteiger partial charge in [0.15, 0.2) is 0 Å². The van der Waals surface area contributed by atoms with Gasteiger partial charge in [-0.1, -0.05) is 12.5 Å². The monoisotopic (exact) mass is 375 g/mol. The quantitative estimate of drug-likeness (QED) is 0.704. The van der Waals surface area contributed by atoms with Crippen molar-refractivity contribution >= 4 is 16.9 Å². The van der Waals surface area contributed by atoms with Gasteiger partial charge in [-0.05, 0) is 42.2 Å². The fourth-order valence-electron chi connectivity index (χ4n) is 4.16. The lowest BCUT2D eigenvalue weighted by molar-refractivity contribution is 0.120. The molecule has 0 amide bonds. The Morgan fingerprint density at radius 2 is 1.79 bits per heavy atom. The molecule has 6 heteroatoms. The Bertz CT molecular complexity index is 1060. The third kappa shape index (κ3) is 3.18. The number of pyridine rings is 1. The van der Waals surface area contributed by atoms with Crippen LogP contribution in [0.5, 0.6) is 0 Å². The number of aromatic nitrogens is 3. The first-order chi connectivity index (χ1) is 13.7. The highest BCUT2D eigenvalue weighted by Gasteiger charge is 2.28. The molecule has 6 nitrogen and oxygen atoms in total. The van der Waals surface area contributed by atoms with Crippen molar-refractivity contribution in [3.63, 3.8) is 0 Å². The number of anilines is 1. The van der Waals surface area contributed by atoms with E-state index in [1.54, 1.807) is 17.7 Å². The minimum atomic E-state index is -0.00470. The summed E-state index contributed by atoms with van der Waals surface area (Å²) in [7, 11) is 1.77. The Morgan fingerprint density at radius 3 is 2.50 bits per heavy atom. The van der Waals surface area contributed by atoms with Gasteiger partial charge >= 0.3 is 0 Å². The first kappa shape index (κ1) is 17.4. The van der Waals surface area contributed by atoms with Crippen LogP contribution in [0, 0.1) is 0 Å². The van der Waals surface area contributed by atoms with Crippen LogP contribution in [0.25, 0.3) is 22.0 Å². The fraction of sp³-hybridized carbons (Fsp3) is 0.409. The molecule has 0 atom stereocenters. The highest BCUT2D eigenvalue weighted by molar-refractivity contribution is 5.84. The molecule has 2 aliphatic rings. The zero-order chi connectivity index (χ0) is 19.1. The van der Waals surface area contributed by atoms with Gasteiger partial charge in [0.05, 0.1) is 5.52 Å². The number of rotatable bonds is 3. The summed E-state index contributed by atoms with van der Waals surface area (Å²) < 4.78 is 1.60. The van der Waals surface area contributed by atoms with E-state index < -0.39 is 0 Å². The van der Waals surface area contributed by atoms with Gasteiger partial charge in [0, 0.05) is 63.1 Å². The largest absolute Gasteiger partial charge is 0.338 e. The Morgan fingerprint density at radius 1 is 1.00 bits per heavy atom. The first-order valence-electron chi connectivity index (χ1n) is 10.1. The molecule has 3 heterocycles. The minimum absolute atomic E-state index is 0.00470. The lowest BCUT2D eigenvalue weighted by atomic mass is 9.91. The van der Waals surface area contributed by atoms with Crippen molar-refractivity contribution in [3.8, 4) is 11.1 Å². The van der Waals surface area contributed by atoms with Crippen LogP contribution < -0.4 is 10.5 Å². The Kier molecular flexibility index (Phi) is 4.36. The number of hydrogen-bond acceptors (Lipinski definition) is 5. The molecule has 0 unspecified atom stereocenters. The summed E-state index contributed by atoms with van der Waals surface area (Å²) in [4.78, 5) is 26.0. The second-order valence-corrected chi connectivity index (χ2v) is 7.92. The van der Waals surface area contributed by atoms with E-state index in [9.17, 15) is 4.79 Å². The van der Waals surface area contributed by atoms with E-state index in [0.29, 0.717) is 0 Å². The number of fused-ring (bicyclic) bond motifs is 1. The van der Waals surface area contributed by atoms with Crippen LogP contribution in [-0.4, -0.2) is 51.7 Å². The van der Waals surface area contributed by atoms with Gasteiger partial charge in [-0.2, -0.15) is 0 Å². The zero-order valence-electron chi connectivity index (χ0n) is 16.2. The van der Waals surface area contributed by atoms with Gasteiger partial charge in [-0.25, -0.2) is 9.97 Å². The van der Waals surface area contributed by atoms with Crippen LogP contribution in [0.3, 0.4) is 0 Å². The fourth-order valence-corrected chi connectivity index (χ4v) is 4.16. The van der Waals surface area contributed by atoms with Crippen molar-refractivity contribution < 1.29 is 0 Å². The zero-order valence-corrected chi connectivity index (χ0v) is 16.2. The van der Waals surface area contributed by atoms with E-state index in [1.807, 2.05) is 24.5 Å². The second kappa shape index (κ2) is 7.02. The minimum Gasteiger partial charge on any atom is -0.338 e. The van der Waals surface area contributed by atoms with Crippen LogP contribution in [0.2, 0.25) is 0 Å². The molecule has 5 rings (SSSR count). The second-order valence-electron chi connectivity index (χ2n) is 7.92. The smallest absolute Gasteiger partial charge is 0.250 e. The summed E-state index contributed by atoms with van der Waals surface area (Å²) in [6.07, 6.45) is 7.90. The predicted octanol–water partition coefficient (Wildman–Crippen LogP) is 2.67. The van der Waals surface area contributed by atoms with E-state index in [-0.39, 0.29) is 5.56 Å². The number of nitrogens with zero attached hydrogens (tertiary/aromatic N) is 5. The first-order valence-corrected chi connectivity index (χ1v) is 10.1. The van der Waals surface area contributed by atoms with Crippen molar-refractivity contribution in [3.05, 3.63) is 53.1 Å². The van der Waals surface area contributed by atoms with Crippen LogP contribution in [0.1, 0.15) is 19.3 Å². The Hall–Kier alpha value is -2.73. The molecule has 28 heavy (non-hydrogen) atoms. The summed E-state index contributed by atoms with van der Waals surface area (Å²) in [6.45, 7) is 4.21. The lowest BCUT2D eigenvalue weighted by Crippen LogP contribution is -2.52.